The molecule has 3 rings (SSSR count). The highest BCUT2D eigenvalue weighted by Gasteiger charge is 2.30. The molecule has 6 nitrogen and oxygen atoms in total. The SMILES string of the molecule is CC(=O)N1CCC(c2cc(Cl)ccc2-c2nc(CC(=O)CC(C)(C)C(=O)O)cs2)CC1. The summed E-state index contributed by atoms with van der Waals surface area (Å²) in [5, 5.41) is 12.6. The molecule has 1 fully saturated rings. The number of ketones is 1. The lowest BCUT2D eigenvalue weighted by molar-refractivity contribution is -0.149. The number of carbonyl (C=O) groups excluding carboxylic acids is 2. The maximum atomic E-state index is 12.4. The predicted octanol–water partition coefficient (Wildman–Crippen LogP) is 4.80. The molecule has 2 aromatic rings. The van der Waals surface area contributed by atoms with E-state index < -0.39 is 11.4 Å². The Morgan fingerprint density at radius 1 is 1.26 bits per heavy atom. The Morgan fingerprint density at radius 2 is 1.94 bits per heavy atom. The Bertz CT molecular complexity index is 993. The number of aliphatic carboxylic acids is 1. The number of hydrogen-bond donors (Lipinski definition) is 1. The van der Waals surface area contributed by atoms with E-state index in [-0.39, 0.29) is 30.4 Å². The Labute approximate surface area is 191 Å². The van der Waals surface area contributed by atoms with Crippen LogP contribution in [0.5, 0.6) is 0 Å². The molecule has 1 aromatic carbocycles. The molecule has 1 aromatic heterocycles. The number of benzene rings is 1. The first-order chi connectivity index (χ1) is 14.6. The predicted molar refractivity (Wildman–Crippen MR) is 122 cm³/mol. The Hall–Kier alpha value is -2.25. The quantitative estimate of drug-likeness (QED) is 0.638. The summed E-state index contributed by atoms with van der Waals surface area (Å²) in [7, 11) is 0. The Kier molecular flexibility index (Phi) is 7.17. The molecular formula is C23H27ClN2O4S. The van der Waals surface area contributed by atoms with Gasteiger partial charge in [-0.2, -0.15) is 0 Å². The second-order valence-corrected chi connectivity index (χ2v) is 10.0. The van der Waals surface area contributed by atoms with Gasteiger partial charge in [-0.15, -0.1) is 11.3 Å². The number of rotatable bonds is 7. The van der Waals surface area contributed by atoms with Gasteiger partial charge in [-0.3, -0.25) is 14.4 Å². The number of nitrogens with zero attached hydrogens (tertiary/aromatic N) is 2. The van der Waals surface area contributed by atoms with Crippen LogP contribution in [0.25, 0.3) is 10.6 Å². The fourth-order valence-corrected chi connectivity index (χ4v) is 4.96. The van der Waals surface area contributed by atoms with E-state index in [0.29, 0.717) is 10.7 Å². The van der Waals surface area contributed by atoms with Gasteiger partial charge in [-0.25, -0.2) is 4.98 Å². The summed E-state index contributed by atoms with van der Waals surface area (Å²) in [5.41, 5.74) is 1.68. The number of thiazole rings is 1. The molecule has 1 aliphatic heterocycles. The summed E-state index contributed by atoms with van der Waals surface area (Å²) in [6.07, 6.45) is 1.82. The van der Waals surface area contributed by atoms with Gasteiger partial charge in [-0.05, 0) is 50.3 Å². The zero-order valence-electron chi connectivity index (χ0n) is 18.0. The van der Waals surface area contributed by atoms with E-state index in [2.05, 4.69) is 4.98 Å². The highest BCUT2D eigenvalue weighted by molar-refractivity contribution is 7.13. The van der Waals surface area contributed by atoms with Crippen molar-refractivity contribution in [2.24, 2.45) is 5.41 Å². The number of likely N-dealkylation sites (tertiary alicyclic amines) is 1. The molecule has 0 radical (unpaired) electrons. The number of Topliss-reactive ketones (excluding diaryl/α,β-unsaturated/α-hetero) is 1. The van der Waals surface area contributed by atoms with Gasteiger partial charge in [0.2, 0.25) is 5.91 Å². The summed E-state index contributed by atoms with van der Waals surface area (Å²) in [5.74, 6) is -0.738. The molecule has 0 unspecified atom stereocenters. The van der Waals surface area contributed by atoms with Gasteiger partial charge in [-0.1, -0.05) is 17.7 Å². The minimum Gasteiger partial charge on any atom is -0.481 e. The van der Waals surface area contributed by atoms with Crippen LogP contribution >= 0.6 is 22.9 Å². The molecule has 0 atom stereocenters. The second kappa shape index (κ2) is 9.49. The first kappa shape index (κ1) is 23.4. The van der Waals surface area contributed by atoms with Crippen molar-refractivity contribution in [2.45, 2.75) is 52.4 Å². The first-order valence-corrected chi connectivity index (χ1v) is 11.6. The average Bonchev–Trinajstić information content (AvgIpc) is 3.15. The third-order valence-corrected chi connectivity index (χ3v) is 6.93. The Morgan fingerprint density at radius 3 is 2.55 bits per heavy atom. The van der Waals surface area contributed by atoms with Gasteiger partial charge in [0.1, 0.15) is 10.8 Å². The van der Waals surface area contributed by atoms with Crippen molar-refractivity contribution in [1.29, 1.82) is 0 Å². The molecule has 1 aliphatic rings. The summed E-state index contributed by atoms with van der Waals surface area (Å²) in [4.78, 5) is 41.8. The zero-order chi connectivity index (χ0) is 22.8. The maximum absolute atomic E-state index is 12.4. The molecule has 1 saturated heterocycles. The average molecular weight is 463 g/mol. The largest absolute Gasteiger partial charge is 0.481 e. The minimum atomic E-state index is -1.09. The maximum Gasteiger partial charge on any atom is 0.309 e. The molecule has 8 heteroatoms. The number of carboxylic acids is 1. The standard InChI is InChI=1S/C23H27ClN2O4S/c1-14(27)26-8-6-15(7-9-26)20-10-16(24)4-5-19(20)21-25-17(13-31-21)11-18(28)12-23(2,3)22(29)30/h4-5,10,13,15H,6-9,11-12H2,1-3H3,(H,29,30). The summed E-state index contributed by atoms with van der Waals surface area (Å²) >= 11 is 7.76. The van der Waals surface area contributed by atoms with Crippen molar-refractivity contribution < 1.29 is 19.5 Å². The Balaban J connectivity index is 1.77. The molecule has 1 N–H and O–H groups in total. The summed E-state index contributed by atoms with van der Waals surface area (Å²) in [6, 6.07) is 5.78. The van der Waals surface area contributed by atoms with Crippen LogP contribution in [-0.4, -0.2) is 45.7 Å². The van der Waals surface area contributed by atoms with E-state index >= 15 is 0 Å². The van der Waals surface area contributed by atoms with E-state index in [1.807, 2.05) is 28.5 Å². The van der Waals surface area contributed by atoms with Crippen LogP contribution in [0.4, 0.5) is 0 Å². The number of hydrogen-bond acceptors (Lipinski definition) is 5. The van der Waals surface area contributed by atoms with Gasteiger partial charge in [0.25, 0.3) is 0 Å². The van der Waals surface area contributed by atoms with Gasteiger partial charge < -0.3 is 10.0 Å². The van der Waals surface area contributed by atoms with Crippen LogP contribution < -0.4 is 0 Å². The van der Waals surface area contributed by atoms with Crippen LogP contribution in [0.1, 0.15) is 57.2 Å². The smallest absolute Gasteiger partial charge is 0.309 e. The van der Waals surface area contributed by atoms with Crippen molar-refractivity contribution in [2.75, 3.05) is 13.1 Å². The highest BCUT2D eigenvalue weighted by atomic mass is 35.5. The lowest BCUT2D eigenvalue weighted by Gasteiger charge is -2.32. The molecule has 0 spiro atoms. The van der Waals surface area contributed by atoms with Gasteiger partial charge in [0.05, 0.1) is 11.1 Å². The topological polar surface area (TPSA) is 87.6 Å². The number of aromatic nitrogens is 1. The lowest BCUT2D eigenvalue weighted by Crippen LogP contribution is -2.36. The van der Waals surface area contributed by atoms with Gasteiger partial charge in [0.15, 0.2) is 0 Å². The molecule has 0 saturated carbocycles. The fourth-order valence-electron chi connectivity index (χ4n) is 3.92. The molecule has 166 valence electrons. The van der Waals surface area contributed by atoms with Crippen LogP contribution in [0.15, 0.2) is 23.6 Å². The lowest BCUT2D eigenvalue weighted by atomic mass is 9.86. The number of carboxylic acid groups (broad SMARTS) is 1. The van der Waals surface area contributed by atoms with Crippen molar-refractivity contribution in [3.8, 4) is 10.6 Å². The van der Waals surface area contributed by atoms with Crippen LogP contribution in [0, 0.1) is 5.41 Å². The van der Waals surface area contributed by atoms with E-state index in [4.69, 9.17) is 11.6 Å². The number of carbonyl (C=O) groups is 3. The van der Waals surface area contributed by atoms with E-state index in [0.717, 1.165) is 42.1 Å². The first-order valence-electron chi connectivity index (χ1n) is 10.3. The number of halogens is 1. The van der Waals surface area contributed by atoms with Crippen LogP contribution in [0.2, 0.25) is 5.02 Å². The second-order valence-electron chi connectivity index (χ2n) is 8.74. The van der Waals surface area contributed by atoms with Crippen molar-refractivity contribution in [1.82, 2.24) is 9.88 Å². The zero-order valence-corrected chi connectivity index (χ0v) is 19.6. The van der Waals surface area contributed by atoms with E-state index in [9.17, 15) is 19.5 Å². The van der Waals surface area contributed by atoms with Crippen LogP contribution in [-0.2, 0) is 20.8 Å². The number of piperidine rings is 1. The minimum absolute atomic E-state index is 0.0316. The molecule has 0 aliphatic carbocycles. The van der Waals surface area contributed by atoms with E-state index in [1.165, 1.54) is 11.3 Å². The molecule has 1 amide bonds. The third-order valence-electron chi connectivity index (χ3n) is 5.77. The van der Waals surface area contributed by atoms with Gasteiger partial charge in [0, 0.05) is 48.8 Å². The summed E-state index contributed by atoms with van der Waals surface area (Å²) < 4.78 is 0. The number of amides is 1. The van der Waals surface area contributed by atoms with Crippen LogP contribution in [0.3, 0.4) is 0 Å². The normalized spacial score (nSPS) is 15.2. The van der Waals surface area contributed by atoms with E-state index in [1.54, 1.807) is 20.8 Å². The highest BCUT2D eigenvalue weighted by Crippen LogP contribution is 2.38. The third kappa shape index (κ3) is 5.71. The van der Waals surface area contributed by atoms with Crippen molar-refractivity contribution >= 4 is 40.6 Å². The van der Waals surface area contributed by atoms with Gasteiger partial charge >= 0.3 is 5.97 Å². The van der Waals surface area contributed by atoms with Crippen molar-refractivity contribution in [3.63, 3.8) is 0 Å². The summed E-state index contributed by atoms with van der Waals surface area (Å²) in [6.45, 7) is 6.15. The molecule has 2 heterocycles. The fraction of sp³-hybridized carbons (Fsp3) is 0.478. The monoisotopic (exact) mass is 462 g/mol. The molecular weight excluding hydrogens is 436 g/mol. The molecule has 0 bridgehead atoms. The van der Waals surface area contributed by atoms with Crippen molar-refractivity contribution in [3.05, 3.63) is 39.9 Å². The molecule has 31 heavy (non-hydrogen) atoms.